The van der Waals surface area contributed by atoms with Crippen LogP contribution in [0.25, 0.3) is 0 Å². The van der Waals surface area contributed by atoms with Crippen molar-refractivity contribution in [1.82, 2.24) is 5.32 Å². The molecule has 1 aromatic carbocycles. The maximum absolute atomic E-state index is 8.34. The number of hydrogen-bond donors (Lipinski definition) is 1. The van der Waals surface area contributed by atoms with Crippen LogP contribution in [0.1, 0.15) is 5.56 Å². The van der Waals surface area contributed by atoms with E-state index in [1.807, 2.05) is 20.2 Å². The number of hydrogen-bond acceptors (Lipinski definition) is 3. The van der Waals surface area contributed by atoms with E-state index in [2.05, 4.69) is 34.5 Å². The molecule has 0 spiro atoms. The molecular weight excluding hydrogens is 174 g/mol. The van der Waals surface area contributed by atoms with E-state index in [0.717, 1.165) is 6.54 Å². The number of benzene rings is 1. The third kappa shape index (κ3) is 3.08. The molecule has 3 heteroatoms. The second-order valence-electron chi connectivity index (χ2n) is 3.32. The quantitative estimate of drug-likeness (QED) is 0.574. The minimum atomic E-state index is 0.398. The van der Waals surface area contributed by atoms with E-state index in [4.69, 9.17) is 5.26 Å². The summed E-state index contributed by atoms with van der Waals surface area (Å²) < 4.78 is 0. The van der Waals surface area contributed by atoms with Gasteiger partial charge in [0.15, 0.2) is 0 Å². The Bertz CT molecular complexity index is 308. The first kappa shape index (κ1) is 10.6. The Morgan fingerprint density at radius 3 is 2.43 bits per heavy atom. The van der Waals surface area contributed by atoms with Crippen molar-refractivity contribution in [2.24, 2.45) is 0 Å². The number of nitrogens with one attached hydrogen (secondary N) is 1. The fourth-order valence-electron chi connectivity index (χ4n) is 1.17. The average Bonchev–Trinajstić information content (AvgIpc) is 2.19. The van der Waals surface area contributed by atoms with Crippen LogP contribution in [0.15, 0.2) is 24.3 Å². The third-order valence-electron chi connectivity index (χ3n) is 1.99. The van der Waals surface area contributed by atoms with Crippen LogP contribution in [-0.4, -0.2) is 20.6 Å². The van der Waals surface area contributed by atoms with Gasteiger partial charge in [-0.3, -0.25) is 0 Å². The van der Waals surface area contributed by atoms with E-state index in [9.17, 15) is 0 Å². The standard InChI is InChI=1S/C11H15N3/c1-14(2)11-5-3-10(4-6-11)9-13-8-7-12/h3-6,13H,8-9H2,1-2H3. The van der Waals surface area contributed by atoms with Crippen molar-refractivity contribution in [3.63, 3.8) is 0 Å². The first-order valence-corrected chi connectivity index (χ1v) is 4.58. The molecule has 0 bridgehead atoms. The molecule has 0 saturated carbocycles. The van der Waals surface area contributed by atoms with Gasteiger partial charge in [-0.15, -0.1) is 0 Å². The maximum atomic E-state index is 8.34. The summed E-state index contributed by atoms with van der Waals surface area (Å²) in [5.41, 5.74) is 2.39. The smallest absolute Gasteiger partial charge is 0.0843 e. The van der Waals surface area contributed by atoms with Crippen LogP contribution < -0.4 is 10.2 Å². The maximum Gasteiger partial charge on any atom is 0.0843 e. The first-order chi connectivity index (χ1) is 6.74. The van der Waals surface area contributed by atoms with Crippen molar-refractivity contribution in [2.75, 3.05) is 25.5 Å². The topological polar surface area (TPSA) is 39.1 Å². The van der Waals surface area contributed by atoms with Crippen molar-refractivity contribution < 1.29 is 0 Å². The molecule has 0 saturated heterocycles. The highest BCUT2D eigenvalue weighted by Crippen LogP contribution is 2.11. The van der Waals surface area contributed by atoms with E-state index in [1.54, 1.807) is 0 Å². The zero-order valence-corrected chi connectivity index (χ0v) is 8.62. The number of rotatable bonds is 4. The zero-order valence-electron chi connectivity index (χ0n) is 8.62. The second-order valence-corrected chi connectivity index (χ2v) is 3.32. The minimum Gasteiger partial charge on any atom is -0.378 e. The summed E-state index contributed by atoms with van der Waals surface area (Å²) in [6.07, 6.45) is 0. The van der Waals surface area contributed by atoms with Gasteiger partial charge in [0.05, 0.1) is 12.6 Å². The Kier molecular flexibility index (Phi) is 3.96. The van der Waals surface area contributed by atoms with Crippen LogP contribution in [0.2, 0.25) is 0 Å². The molecule has 0 radical (unpaired) electrons. The van der Waals surface area contributed by atoms with E-state index in [-0.39, 0.29) is 0 Å². The zero-order chi connectivity index (χ0) is 10.4. The lowest BCUT2D eigenvalue weighted by Gasteiger charge is -2.12. The Balaban J connectivity index is 2.52. The highest BCUT2D eigenvalue weighted by atomic mass is 15.1. The predicted octanol–water partition coefficient (Wildman–Crippen LogP) is 1.37. The molecule has 0 amide bonds. The molecule has 0 aromatic heterocycles. The summed E-state index contributed by atoms with van der Waals surface area (Å²) in [6, 6.07) is 10.3. The van der Waals surface area contributed by atoms with Gasteiger partial charge in [0, 0.05) is 26.3 Å². The summed E-state index contributed by atoms with van der Waals surface area (Å²) in [4.78, 5) is 2.06. The summed E-state index contributed by atoms with van der Waals surface area (Å²) in [7, 11) is 4.03. The van der Waals surface area contributed by atoms with Crippen LogP contribution in [0.4, 0.5) is 5.69 Å². The molecule has 1 aromatic rings. The second kappa shape index (κ2) is 5.25. The van der Waals surface area contributed by atoms with Crippen LogP contribution in [0, 0.1) is 11.3 Å². The molecule has 0 aliphatic carbocycles. The molecule has 1 rings (SSSR count). The van der Waals surface area contributed by atoms with Gasteiger partial charge in [-0.05, 0) is 17.7 Å². The molecule has 74 valence electrons. The van der Waals surface area contributed by atoms with E-state index < -0.39 is 0 Å². The number of nitrogens with zero attached hydrogens (tertiary/aromatic N) is 2. The van der Waals surface area contributed by atoms with Crippen molar-refractivity contribution in [2.45, 2.75) is 6.54 Å². The Labute approximate surface area is 85.0 Å². The van der Waals surface area contributed by atoms with E-state index in [1.165, 1.54) is 11.3 Å². The summed E-state index contributed by atoms with van der Waals surface area (Å²) in [5, 5.41) is 11.4. The monoisotopic (exact) mass is 189 g/mol. The largest absolute Gasteiger partial charge is 0.378 e. The van der Waals surface area contributed by atoms with Gasteiger partial charge in [-0.1, -0.05) is 12.1 Å². The van der Waals surface area contributed by atoms with Gasteiger partial charge < -0.3 is 10.2 Å². The lowest BCUT2D eigenvalue weighted by molar-refractivity contribution is 0.765. The van der Waals surface area contributed by atoms with Crippen LogP contribution >= 0.6 is 0 Å². The van der Waals surface area contributed by atoms with Crippen molar-refractivity contribution in [3.8, 4) is 6.07 Å². The van der Waals surface area contributed by atoms with Gasteiger partial charge in [0.25, 0.3) is 0 Å². The van der Waals surface area contributed by atoms with Gasteiger partial charge in [0.1, 0.15) is 0 Å². The third-order valence-corrected chi connectivity index (χ3v) is 1.99. The molecule has 3 nitrogen and oxygen atoms in total. The molecule has 0 unspecified atom stereocenters. The van der Waals surface area contributed by atoms with Gasteiger partial charge in [-0.2, -0.15) is 5.26 Å². The molecular formula is C11H15N3. The number of nitriles is 1. The highest BCUT2D eigenvalue weighted by Gasteiger charge is 1.95. The van der Waals surface area contributed by atoms with Gasteiger partial charge in [0.2, 0.25) is 0 Å². The first-order valence-electron chi connectivity index (χ1n) is 4.58. The predicted molar refractivity (Wildman–Crippen MR) is 58.1 cm³/mol. The SMILES string of the molecule is CN(C)c1ccc(CNCC#N)cc1. The normalized spacial score (nSPS) is 9.50. The average molecular weight is 189 g/mol. The molecule has 0 heterocycles. The molecule has 14 heavy (non-hydrogen) atoms. The van der Waals surface area contributed by atoms with Gasteiger partial charge in [-0.25, -0.2) is 0 Å². The fourth-order valence-corrected chi connectivity index (χ4v) is 1.17. The van der Waals surface area contributed by atoms with Crippen LogP contribution in [-0.2, 0) is 6.54 Å². The Hall–Kier alpha value is -1.53. The molecule has 0 aliphatic rings. The molecule has 0 atom stereocenters. The lowest BCUT2D eigenvalue weighted by atomic mass is 10.2. The van der Waals surface area contributed by atoms with Crippen molar-refractivity contribution >= 4 is 5.69 Å². The summed E-state index contributed by atoms with van der Waals surface area (Å²) >= 11 is 0. The summed E-state index contributed by atoms with van der Waals surface area (Å²) in [6.45, 7) is 1.15. The fraction of sp³-hybridized carbons (Fsp3) is 0.364. The van der Waals surface area contributed by atoms with Crippen molar-refractivity contribution in [1.29, 1.82) is 5.26 Å². The van der Waals surface area contributed by atoms with Gasteiger partial charge >= 0.3 is 0 Å². The summed E-state index contributed by atoms with van der Waals surface area (Å²) in [5.74, 6) is 0. The lowest BCUT2D eigenvalue weighted by Crippen LogP contribution is -2.13. The van der Waals surface area contributed by atoms with E-state index in [0.29, 0.717) is 6.54 Å². The Morgan fingerprint density at radius 1 is 1.29 bits per heavy atom. The molecule has 0 aliphatic heterocycles. The number of anilines is 1. The molecule has 0 fully saturated rings. The van der Waals surface area contributed by atoms with Crippen molar-refractivity contribution in [3.05, 3.63) is 29.8 Å². The molecule has 1 N–H and O–H groups in total. The minimum absolute atomic E-state index is 0.398. The highest BCUT2D eigenvalue weighted by molar-refractivity contribution is 5.45. The van der Waals surface area contributed by atoms with E-state index >= 15 is 0 Å². The Morgan fingerprint density at radius 2 is 1.93 bits per heavy atom. The van der Waals surface area contributed by atoms with Crippen LogP contribution in [0.3, 0.4) is 0 Å². The van der Waals surface area contributed by atoms with Crippen LogP contribution in [0.5, 0.6) is 0 Å².